The van der Waals surface area contributed by atoms with Crippen LogP contribution in [-0.2, 0) is 9.53 Å². The van der Waals surface area contributed by atoms with Crippen molar-refractivity contribution in [3.8, 4) is 0 Å². The Balaban J connectivity index is 1.82. The molecule has 1 aliphatic heterocycles. The fourth-order valence-electron chi connectivity index (χ4n) is 2.86. The van der Waals surface area contributed by atoms with Crippen molar-refractivity contribution in [2.75, 3.05) is 13.1 Å². The fraction of sp³-hybridized carbons (Fsp3) is 0.400. The van der Waals surface area contributed by atoms with Crippen molar-refractivity contribution in [3.63, 3.8) is 0 Å². The minimum atomic E-state index is -0.499. The highest BCUT2D eigenvalue weighted by Crippen LogP contribution is 2.22. The number of carbonyl (C=O) groups excluding carboxylic acids is 2. The predicted molar refractivity (Wildman–Crippen MR) is 84.1 cm³/mol. The summed E-state index contributed by atoms with van der Waals surface area (Å²) in [5.41, 5.74) is 1.22. The summed E-state index contributed by atoms with van der Waals surface area (Å²) in [7, 11) is 0. The van der Waals surface area contributed by atoms with Crippen molar-refractivity contribution in [1.29, 1.82) is 0 Å². The van der Waals surface area contributed by atoms with Crippen LogP contribution in [0.25, 0.3) is 11.0 Å². The molecule has 6 nitrogen and oxygen atoms in total. The lowest BCUT2D eigenvalue weighted by atomic mass is 10.1. The Morgan fingerprint density at radius 1 is 1.30 bits per heavy atom. The number of aromatic amines is 2. The van der Waals surface area contributed by atoms with E-state index < -0.39 is 5.82 Å². The van der Waals surface area contributed by atoms with Crippen LogP contribution >= 0.6 is 12.2 Å². The number of H-pyrrole nitrogens is 2. The van der Waals surface area contributed by atoms with E-state index in [0.29, 0.717) is 41.7 Å². The molecule has 0 atom stereocenters. The molecule has 3 rings (SSSR count). The zero-order chi connectivity index (χ0) is 16.6. The Kier molecular flexibility index (Phi) is 4.16. The van der Waals surface area contributed by atoms with Gasteiger partial charge in [-0.2, -0.15) is 0 Å². The molecule has 0 saturated carbocycles. The number of carbonyl (C=O) groups is 2. The Hall–Kier alpha value is -2.22. The lowest BCUT2D eigenvalue weighted by molar-refractivity contribution is -0.148. The first-order chi connectivity index (χ1) is 10.9. The second kappa shape index (κ2) is 6.11. The maximum Gasteiger partial charge on any atom is 0.302 e. The lowest BCUT2D eigenvalue weighted by Crippen LogP contribution is -2.41. The number of amides is 1. The number of piperidine rings is 1. The summed E-state index contributed by atoms with van der Waals surface area (Å²) < 4.78 is 19.2. The summed E-state index contributed by atoms with van der Waals surface area (Å²) in [6.07, 6.45) is 0.988. The van der Waals surface area contributed by atoms with Crippen LogP contribution in [0.1, 0.15) is 30.1 Å². The molecule has 2 heterocycles. The number of benzene rings is 1. The van der Waals surface area contributed by atoms with Crippen molar-refractivity contribution in [3.05, 3.63) is 28.3 Å². The molecule has 0 bridgehead atoms. The second-order valence-electron chi connectivity index (χ2n) is 5.56. The number of esters is 1. The Labute approximate surface area is 136 Å². The Morgan fingerprint density at radius 2 is 2.00 bits per heavy atom. The standard InChI is InChI=1S/C15H16FN3O3S/c1-8(20)22-10-2-4-19(5-3-10)14(21)11-6-9(16)7-12-13(11)18-15(23)17-12/h6-7,10H,2-5H2,1H3,(H2,17,18,23). The van der Waals surface area contributed by atoms with E-state index in [9.17, 15) is 14.0 Å². The number of aromatic nitrogens is 2. The van der Waals surface area contributed by atoms with Crippen LogP contribution in [0.2, 0.25) is 0 Å². The van der Waals surface area contributed by atoms with E-state index >= 15 is 0 Å². The predicted octanol–water partition coefficient (Wildman–Crippen LogP) is 2.53. The number of nitrogens with one attached hydrogen (secondary N) is 2. The van der Waals surface area contributed by atoms with Crippen LogP contribution in [0.15, 0.2) is 12.1 Å². The number of halogens is 1. The number of hydrogen-bond donors (Lipinski definition) is 2. The minimum Gasteiger partial charge on any atom is -0.462 e. The smallest absolute Gasteiger partial charge is 0.302 e. The number of nitrogens with zero attached hydrogens (tertiary/aromatic N) is 1. The highest BCUT2D eigenvalue weighted by atomic mass is 32.1. The Morgan fingerprint density at radius 3 is 2.65 bits per heavy atom. The molecular weight excluding hydrogens is 321 g/mol. The van der Waals surface area contributed by atoms with Gasteiger partial charge in [-0.1, -0.05) is 0 Å². The summed E-state index contributed by atoms with van der Waals surface area (Å²) in [6.45, 7) is 2.29. The summed E-state index contributed by atoms with van der Waals surface area (Å²) in [6, 6.07) is 2.51. The Bertz CT molecular complexity index is 821. The van der Waals surface area contributed by atoms with Gasteiger partial charge in [-0.25, -0.2) is 4.39 Å². The van der Waals surface area contributed by atoms with Gasteiger partial charge in [0.1, 0.15) is 11.9 Å². The molecule has 2 N–H and O–H groups in total. The molecule has 8 heteroatoms. The summed E-state index contributed by atoms with van der Waals surface area (Å²) in [4.78, 5) is 31.0. The average Bonchev–Trinajstić information content (AvgIpc) is 2.86. The van der Waals surface area contributed by atoms with Gasteiger partial charge in [-0.3, -0.25) is 9.59 Å². The van der Waals surface area contributed by atoms with Crippen molar-refractivity contribution in [1.82, 2.24) is 14.9 Å². The third-order valence-electron chi connectivity index (χ3n) is 3.88. The van der Waals surface area contributed by atoms with Gasteiger partial charge in [0.05, 0.1) is 16.6 Å². The van der Waals surface area contributed by atoms with E-state index in [1.54, 1.807) is 4.90 Å². The van der Waals surface area contributed by atoms with Gasteiger partial charge in [0.2, 0.25) is 0 Å². The number of likely N-dealkylation sites (tertiary alicyclic amines) is 1. The third kappa shape index (κ3) is 3.26. The highest BCUT2D eigenvalue weighted by Gasteiger charge is 2.26. The van der Waals surface area contributed by atoms with Crippen molar-refractivity contribution < 1.29 is 18.7 Å². The maximum atomic E-state index is 13.7. The monoisotopic (exact) mass is 337 g/mol. The van der Waals surface area contributed by atoms with Crippen LogP contribution in [0.4, 0.5) is 4.39 Å². The van der Waals surface area contributed by atoms with Crippen molar-refractivity contribution in [2.24, 2.45) is 0 Å². The highest BCUT2D eigenvalue weighted by molar-refractivity contribution is 7.71. The van der Waals surface area contributed by atoms with Gasteiger partial charge < -0.3 is 19.6 Å². The molecule has 1 fully saturated rings. The molecule has 122 valence electrons. The topological polar surface area (TPSA) is 78.2 Å². The summed E-state index contributed by atoms with van der Waals surface area (Å²) in [5, 5.41) is 0. The molecule has 0 unspecified atom stereocenters. The van der Waals surface area contributed by atoms with Crippen molar-refractivity contribution >= 4 is 35.1 Å². The van der Waals surface area contributed by atoms with Gasteiger partial charge in [0, 0.05) is 32.9 Å². The molecule has 1 aromatic heterocycles. The van der Waals surface area contributed by atoms with Crippen LogP contribution in [0.3, 0.4) is 0 Å². The molecule has 1 aliphatic rings. The molecule has 1 amide bonds. The maximum absolute atomic E-state index is 13.7. The van der Waals surface area contributed by atoms with E-state index in [1.165, 1.54) is 19.1 Å². The van der Waals surface area contributed by atoms with Crippen molar-refractivity contribution in [2.45, 2.75) is 25.9 Å². The first-order valence-electron chi connectivity index (χ1n) is 7.32. The summed E-state index contributed by atoms with van der Waals surface area (Å²) >= 11 is 5.01. The van der Waals surface area contributed by atoms with Crippen LogP contribution in [-0.4, -0.2) is 45.9 Å². The number of rotatable bonds is 2. The lowest BCUT2D eigenvalue weighted by Gasteiger charge is -2.31. The fourth-order valence-corrected chi connectivity index (χ4v) is 3.07. The van der Waals surface area contributed by atoms with E-state index in [0.717, 1.165) is 0 Å². The van der Waals surface area contributed by atoms with E-state index in [1.807, 2.05) is 0 Å². The van der Waals surface area contributed by atoms with Gasteiger partial charge in [-0.05, 0) is 24.4 Å². The van der Waals surface area contributed by atoms with Gasteiger partial charge in [0.25, 0.3) is 5.91 Å². The SMILES string of the molecule is CC(=O)OC1CCN(C(=O)c2cc(F)cc3[nH]c(=S)[nH]c23)CC1. The number of fused-ring (bicyclic) bond motifs is 1. The molecule has 1 aromatic carbocycles. The van der Waals surface area contributed by atoms with Crippen LogP contribution in [0, 0.1) is 10.6 Å². The van der Waals surface area contributed by atoms with Gasteiger partial charge >= 0.3 is 5.97 Å². The van der Waals surface area contributed by atoms with E-state index in [2.05, 4.69) is 9.97 Å². The molecular formula is C15H16FN3O3S. The van der Waals surface area contributed by atoms with Gasteiger partial charge in [0.15, 0.2) is 4.77 Å². The molecule has 23 heavy (non-hydrogen) atoms. The zero-order valence-corrected chi connectivity index (χ0v) is 13.3. The van der Waals surface area contributed by atoms with E-state index in [-0.39, 0.29) is 23.5 Å². The minimum absolute atomic E-state index is 0.165. The first kappa shape index (κ1) is 15.7. The number of imidazole rings is 1. The number of hydrogen-bond acceptors (Lipinski definition) is 4. The third-order valence-corrected chi connectivity index (χ3v) is 4.09. The zero-order valence-electron chi connectivity index (χ0n) is 12.5. The quantitative estimate of drug-likeness (QED) is 0.652. The first-order valence-corrected chi connectivity index (χ1v) is 7.73. The largest absolute Gasteiger partial charge is 0.462 e. The number of ether oxygens (including phenoxy) is 1. The molecule has 1 saturated heterocycles. The second-order valence-corrected chi connectivity index (χ2v) is 5.96. The van der Waals surface area contributed by atoms with Crippen LogP contribution < -0.4 is 0 Å². The van der Waals surface area contributed by atoms with Crippen LogP contribution in [0.5, 0.6) is 0 Å². The molecule has 2 aromatic rings. The molecule has 0 radical (unpaired) electrons. The van der Waals surface area contributed by atoms with E-state index in [4.69, 9.17) is 17.0 Å². The molecule has 0 spiro atoms. The summed E-state index contributed by atoms with van der Waals surface area (Å²) in [5.74, 6) is -1.08. The molecule has 0 aliphatic carbocycles. The normalized spacial score (nSPS) is 15.8. The average molecular weight is 337 g/mol. The van der Waals surface area contributed by atoms with Gasteiger partial charge in [-0.15, -0.1) is 0 Å².